The van der Waals surface area contributed by atoms with Crippen molar-refractivity contribution in [1.82, 2.24) is 15.5 Å². The predicted molar refractivity (Wildman–Crippen MR) is 125 cm³/mol. The van der Waals surface area contributed by atoms with E-state index in [9.17, 15) is 18.8 Å². The van der Waals surface area contributed by atoms with Crippen molar-refractivity contribution in [3.8, 4) is 0 Å². The number of fused-ring (bicyclic) bond motifs is 1. The van der Waals surface area contributed by atoms with E-state index in [0.29, 0.717) is 0 Å². The quantitative estimate of drug-likeness (QED) is 0.495. The zero-order valence-corrected chi connectivity index (χ0v) is 19.3. The van der Waals surface area contributed by atoms with E-state index >= 15 is 0 Å². The summed E-state index contributed by atoms with van der Waals surface area (Å²) >= 11 is 3.25. The number of carbonyl (C=O) groups excluding carboxylic acids is 3. The number of aromatic amines is 1. The number of hydrogen-bond donors (Lipinski definition) is 3. The molecular formula is C22H20BrFN6O3. The molecule has 33 heavy (non-hydrogen) atoms. The first kappa shape index (κ1) is 22.5. The maximum Gasteiger partial charge on any atom is 0.271 e. The maximum absolute atomic E-state index is 13.9. The highest BCUT2D eigenvalue weighted by Crippen LogP contribution is 2.31. The Balaban J connectivity index is 1.50. The number of nitrogens with zero attached hydrogens (tertiary/aromatic N) is 3. The molecule has 0 bridgehead atoms. The van der Waals surface area contributed by atoms with Crippen LogP contribution in [0.25, 0.3) is 0 Å². The van der Waals surface area contributed by atoms with Crippen LogP contribution in [0.5, 0.6) is 0 Å². The lowest BCUT2D eigenvalue weighted by Crippen LogP contribution is -2.51. The fraction of sp³-hybridized carbons (Fsp3) is 0.182. The number of anilines is 3. The summed E-state index contributed by atoms with van der Waals surface area (Å²) in [5.41, 5.74) is 1.46. The van der Waals surface area contributed by atoms with Gasteiger partial charge in [0.1, 0.15) is 17.6 Å². The third-order valence-corrected chi connectivity index (χ3v) is 6.10. The second-order valence-corrected chi connectivity index (χ2v) is 8.28. The van der Waals surface area contributed by atoms with Crippen LogP contribution in [0.1, 0.15) is 20.8 Å². The summed E-state index contributed by atoms with van der Waals surface area (Å²) in [6.07, 6.45) is 0. The minimum atomic E-state index is -0.827. The standard InChI is InChI=1S/C22H20BrFN6O3/c1-29-11-14(22(33)30(2)16-10-6-5-9-15(16)29)25-21(32)18-17(23)19(28-27-18)26-20(31)12-7-3-4-8-13(12)24/h3-10,14H,11H2,1-2H3,(H,25,32)(H2,26,27,28,31)/t14-/m1/s1. The van der Waals surface area contributed by atoms with E-state index in [1.54, 1.807) is 7.05 Å². The molecule has 0 spiro atoms. The highest BCUT2D eigenvalue weighted by molar-refractivity contribution is 9.10. The molecule has 0 unspecified atom stereocenters. The van der Waals surface area contributed by atoms with Crippen molar-refractivity contribution in [2.45, 2.75) is 6.04 Å². The number of hydrogen-bond acceptors (Lipinski definition) is 5. The normalized spacial score (nSPS) is 15.6. The SMILES string of the molecule is CN1C[C@@H](NC(=O)c2[nH]nc(NC(=O)c3ccccc3F)c2Br)C(=O)N(C)c2ccccc21. The van der Waals surface area contributed by atoms with Gasteiger partial charge in [-0.1, -0.05) is 24.3 Å². The number of carbonyl (C=O) groups is 3. The second-order valence-electron chi connectivity index (χ2n) is 7.49. The molecule has 0 aliphatic carbocycles. The summed E-state index contributed by atoms with van der Waals surface area (Å²) in [4.78, 5) is 41.7. The van der Waals surface area contributed by atoms with Crippen molar-refractivity contribution < 1.29 is 18.8 Å². The van der Waals surface area contributed by atoms with Crippen LogP contribution in [-0.4, -0.2) is 54.6 Å². The molecule has 0 saturated heterocycles. The molecule has 3 amide bonds. The van der Waals surface area contributed by atoms with Crippen molar-refractivity contribution in [1.29, 1.82) is 0 Å². The molecule has 3 aromatic rings. The van der Waals surface area contributed by atoms with Crippen molar-refractivity contribution in [2.24, 2.45) is 0 Å². The number of nitrogens with one attached hydrogen (secondary N) is 3. The second kappa shape index (κ2) is 9.02. The van der Waals surface area contributed by atoms with Crippen LogP contribution < -0.4 is 20.4 Å². The summed E-state index contributed by atoms with van der Waals surface area (Å²) in [7, 11) is 3.49. The molecule has 0 radical (unpaired) electrons. The Morgan fingerprint density at radius 2 is 1.76 bits per heavy atom. The lowest BCUT2D eigenvalue weighted by molar-refractivity contribution is -0.119. The fourth-order valence-corrected chi connectivity index (χ4v) is 4.05. The number of H-pyrrole nitrogens is 1. The predicted octanol–water partition coefficient (Wildman–Crippen LogP) is 2.77. The first-order chi connectivity index (χ1) is 15.8. The average molecular weight is 515 g/mol. The summed E-state index contributed by atoms with van der Waals surface area (Å²) in [5, 5.41) is 11.7. The van der Waals surface area contributed by atoms with Gasteiger partial charge in [-0.25, -0.2) is 4.39 Å². The molecule has 170 valence electrons. The summed E-state index contributed by atoms with van der Waals surface area (Å²) in [6, 6.07) is 12.1. The molecule has 2 heterocycles. The van der Waals surface area contributed by atoms with E-state index in [1.165, 1.54) is 29.2 Å². The van der Waals surface area contributed by atoms with E-state index in [4.69, 9.17) is 0 Å². The van der Waals surface area contributed by atoms with Crippen LogP contribution in [0, 0.1) is 5.82 Å². The Kier molecular flexibility index (Phi) is 6.14. The van der Waals surface area contributed by atoms with Crippen molar-refractivity contribution in [3.63, 3.8) is 0 Å². The number of amides is 3. The fourth-order valence-electron chi connectivity index (χ4n) is 3.59. The van der Waals surface area contributed by atoms with Gasteiger partial charge < -0.3 is 20.4 Å². The molecule has 1 atom stereocenters. The number of aromatic nitrogens is 2. The molecule has 1 aromatic heterocycles. The maximum atomic E-state index is 13.9. The third-order valence-electron chi connectivity index (χ3n) is 5.33. The molecule has 0 fully saturated rings. The van der Waals surface area contributed by atoms with E-state index < -0.39 is 23.7 Å². The van der Waals surface area contributed by atoms with Crippen LogP contribution in [0.15, 0.2) is 53.0 Å². The van der Waals surface area contributed by atoms with Gasteiger partial charge in [-0.2, -0.15) is 5.10 Å². The Hall–Kier alpha value is -3.73. The zero-order valence-electron chi connectivity index (χ0n) is 17.7. The smallest absolute Gasteiger partial charge is 0.271 e. The van der Waals surface area contributed by atoms with E-state index in [-0.39, 0.29) is 34.0 Å². The van der Waals surface area contributed by atoms with Gasteiger partial charge in [-0.3, -0.25) is 19.5 Å². The minimum absolute atomic E-state index is 0.0127. The van der Waals surface area contributed by atoms with Crippen LogP contribution >= 0.6 is 15.9 Å². The average Bonchev–Trinajstić information content (AvgIpc) is 3.13. The minimum Gasteiger partial charge on any atom is -0.370 e. The van der Waals surface area contributed by atoms with Crippen molar-refractivity contribution in [3.05, 3.63) is 70.1 Å². The van der Waals surface area contributed by atoms with E-state index in [1.807, 2.05) is 36.2 Å². The van der Waals surface area contributed by atoms with Gasteiger partial charge in [-0.15, -0.1) is 0 Å². The molecule has 2 aromatic carbocycles. The number of halogens is 2. The van der Waals surface area contributed by atoms with Gasteiger partial charge in [0.15, 0.2) is 5.82 Å². The van der Waals surface area contributed by atoms with Crippen LogP contribution in [0.4, 0.5) is 21.6 Å². The first-order valence-electron chi connectivity index (χ1n) is 9.96. The van der Waals surface area contributed by atoms with Crippen LogP contribution in [-0.2, 0) is 4.79 Å². The van der Waals surface area contributed by atoms with Gasteiger partial charge in [0, 0.05) is 20.6 Å². The molecule has 9 nitrogen and oxygen atoms in total. The highest BCUT2D eigenvalue weighted by Gasteiger charge is 2.32. The summed E-state index contributed by atoms with van der Waals surface area (Å²) < 4.78 is 14.0. The number of likely N-dealkylation sites (N-methyl/N-ethyl adjacent to an activating group) is 2. The van der Waals surface area contributed by atoms with Crippen LogP contribution in [0.2, 0.25) is 0 Å². The lowest BCUT2D eigenvalue weighted by atomic mass is 10.2. The van der Waals surface area contributed by atoms with Crippen molar-refractivity contribution >= 4 is 50.8 Å². The topological polar surface area (TPSA) is 110 Å². The molecular weight excluding hydrogens is 495 g/mol. The van der Waals surface area contributed by atoms with Crippen molar-refractivity contribution in [2.75, 3.05) is 35.8 Å². The molecule has 1 aliphatic rings. The Bertz CT molecular complexity index is 1250. The molecule has 4 rings (SSSR count). The lowest BCUT2D eigenvalue weighted by Gasteiger charge is -2.22. The molecule has 11 heteroatoms. The summed E-state index contributed by atoms with van der Waals surface area (Å²) in [5.74, 6) is -2.24. The Morgan fingerprint density at radius 3 is 2.48 bits per heavy atom. The van der Waals surface area contributed by atoms with Gasteiger partial charge in [-0.05, 0) is 40.2 Å². The van der Waals surface area contributed by atoms with Gasteiger partial charge in [0.05, 0.1) is 21.4 Å². The number of benzene rings is 2. The van der Waals surface area contributed by atoms with Gasteiger partial charge in [0.2, 0.25) is 0 Å². The number of para-hydroxylation sites is 2. The zero-order chi connectivity index (χ0) is 23.7. The van der Waals surface area contributed by atoms with Gasteiger partial charge >= 0.3 is 0 Å². The monoisotopic (exact) mass is 514 g/mol. The number of rotatable bonds is 4. The summed E-state index contributed by atoms with van der Waals surface area (Å²) in [6.45, 7) is 0.258. The first-order valence-corrected chi connectivity index (χ1v) is 10.8. The highest BCUT2D eigenvalue weighted by atomic mass is 79.9. The van der Waals surface area contributed by atoms with Gasteiger partial charge in [0.25, 0.3) is 17.7 Å². The molecule has 3 N–H and O–H groups in total. The Labute approximate surface area is 197 Å². The van der Waals surface area contributed by atoms with E-state index in [2.05, 4.69) is 36.8 Å². The Morgan fingerprint density at radius 1 is 1.09 bits per heavy atom. The third kappa shape index (κ3) is 4.31. The molecule has 0 saturated carbocycles. The largest absolute Gasteiger partial charge is 0.370 e. The molecule has 1 aliphatic heterocycles. The van der Waals surface area contributed by atoms with Crippen LogP contribution in [0.3, 0.4) is 0 Å². The van der Waals surface area contributed by atoms with E-state index in [0.717, 1.165) is 11.4 Å².